The lowest BCUT2D eigenvalue weighted by molar-refractivity contribution is 0.289. The van der Waals surface area contributed by atoms with Gasteiger partial charge in [-0.3, -0.25) is 4.98 Å². The van der Waals surface area contributed by atoms with Crippen molar-refractivity contribution in [3.8, 4) is 5.75 Å². The van der Waals surface area contributed by atoms with Crippen LogP contribution in [0.15, 0.2) is 47.8 Å². The quantitative estimate of drug-likeness (QED) is 0.381. The van der Waals surface area contributed by atoms with Crippen molar-refractivity contribution in [2.24, 2.45) is 10.9 Å². The molecule has 1 aromatic carbocycles. The van der Waals surface area contributed by atoms with E-state index in [4.69, 9.17) is 15.7 Å². The molecule has 19 heavy (non-hydrogen) atoms. The number of nitrogens with zero attached hydrogens (tertiary/aromatic N) is 2. The van der Waals surface area contributed by atoms with Crippen molar-refractivity contribution in [1.82, 2.24) is 4.98 Å². The molecule has 0 spiro atoms. The first-order chi connectivity index (χ1) is 9.22. The molecule has 2 aromatic rings. The van der Waals surface area contributed by atoms with Crippen LogP contribution < -0.4 is 10.5 Å². The molecule has 98 valence electrons. The third-order valence-corrected chi connectivity index (χ3v) is 2.46. The maximum absolute atomic E-state index is 13.4. The highest BCUT2D eigenvalue weighted by Gasteiger charge is 2.09. The first-order valence-electron chi connectivity index (χ1n) is 5.51. The Morgan fingerprint density at radius 2 is 2.11 bits per heavy atom. The summed E-state index contributed by atoms with van der Waals surface area (Å²) in [5, 5.41) is 11.6. The van der Waals surface area contributed by atoms with Gasteiger partial charge in [0.1, 0.15) is 12.3 Å². The van der Waals surface area contributed by atoms with Gasteiger partial charge in [-0.2, -0.15) is 0 Å². The minimum atomic E-state index is -0.447. The number of nitrogens with two attached hydrogens (primary N) is 1. The van der Waals surface area contributed by atoms with Crippen molar-refractivity contribution in [3.05, 3.63) is 59.7 Å². The Morgan fingerprint density at radius 1 is 1.32 bits per heavy atom. The number of oxime groups is 1. The van der Waals surface area contributed by atoms with Crippen molar-refractivity contribution < 1.29 is 14.3 Å². The van der Waals surface area contributed by atoms with Gasteiger partial charge >= 0.3 is 0 Å². The number of ether oxygens (including phenoxy) is 1. The van der Waals surface area contributed by atoms with Gasteiger partial charge < -0.3 is 15.7 Å². The minimum Gasteiger partial charge on any atom is -0.486 e. The fraction of sp³-hybridized carbons (Fsp3) is 0.0769. The topological polar surface area (TPSA) is 80.7 Å². The number of benzene rings is 1. The molecule has 1 aromatic heterocycles. The van der Waals surface area contributed by atoms with Gasteiger partial charge in [-0.05, 0) is 18.2 Å². The van der Waals surface area contributed by atoms with E-state index in [1.54, 1.807) is 24.3 Å². The molecule has 0 aliphatic rings. The number of amidine groups is 1. The van der Waals surface area contributed by atoms with E-state index in [1.807, 2.05) is 0 Å². The first kappa shape index (κ1) is 12.8. The summed E-state index contributed by atoms with van der Waals surface area (Å²) >= 11 is 0. The largest absolute Gasteiger partial charge is 0.486 e. The van der Waals surface area contributed by atoms with E-state index in [-0.39, 0.29) is 18.2 Å². The van der Waals surface area contributed by atoms with Gasteiger partial charge in [-0.1, -0.05) is 23.4 Å². The summed E-state index contributed by atoms with van der Waals surface area (Å²) < 4.78 is 18.7. The Morgan fingerprint density at radius 3 is 2.84 bits per heavy atom. The van der Waals surface area contributed by atoms with Crippen LogP contribution in [0.4, 0.5) is 4.39 Å². The Hall–Kier alpha value is -2.63. The highest BCUT2D eigenvalue weighted by molar-refractivity contribution is 5.96. The van der Waals surface area contributed by atoms with E-state index in [9.17, 15) is 4.39 Å². The van der Waals surface area contributed by atoms with Crippen molar-refractivity contribution in [2.75, 3.05) is 0 Å². The lowest BCUT2D eigenvalue weighted by Crippen LogP contribution is -2.18. The molecule has 0 saturated heterocycles. The van der Waals surface area contributed by atoms with Gasteiger partial charge in [0.2, 0.25) is 0 Å². The monoisotopic (exact) mass is 261 g/mol. The molecule has 0 bridgehead atoms. The molecule has 0 radical (unpaired) electrons. The molecule has 3 N–H and O–H groups in total. The molecule has 6 heteroatoms. The zero-order chi connectivity index (χ0) is 13.7. The Labute approximate surface area is 109 Å². The summed E-state index contributed by atoms with van der Waals surface area (Å²) in [6.07, 6.45) is 1.51. The van der Waals surface area contributed by atoms with Crippen LogP contribution in [-0.2, 0) is 6.61 Å². The molecule has 0 aliphatic heterocycles. The number of pyridine rings is 1. The summed E-state index contributed by atoms with van der Waals surface area (Å²) in [5.41, 5.74) is 6.41. The minimum absolute atomic E-state index is 0.0698. The SMILES string of the molecule is N/C(=N/O)c1ncccc1COc1ccccc1F. The third kappa shape index (κ3) is 2.98. The standard InChI is InChI=1S/C13H12FN3O2/c14-10-5-1-2-6-11(10)19-8-9-4-3-7-16-12(9)13(15)17-18/h1-7,18H,8H2,(H2,15,17). The van der Waals surface area contributed by atoms with Crippen LogP contribution in [-0.4, -0.2) is 16.0 Å². The highest BCUT2D eigenvalue weighted by Crippen LogP contribution is 2.17. The van der Waals surface area contributed by atoms with Gasteiger partial charge in [-0.25, -0.2) is 4.39 Å². The van der Waals surface area contributed by atoms with Gasteiger partial charge in [0.25, 0.3) is 0 Å². The molecule has 0 fully saturated rings. The zero-order valence-corrected chi connectivity index (χ0v) is 9.95. The molecular formula is C13H12FN3O2. The van der Waals surface area contributed by atoms with Crippen molar-refractivity contribution in [2.45, 2.75) is 6.61 Å². The van der Waals surface area contributed by atoms with Crippen LogP contribution in [0.2, 0.25) is 0 Å². The molecule has 0 atom stereocenters. The zero-order valence-electron chi connectivity index (χ0n) is 9.95. The van der Waals surface area contributed by atoms with Gasteiger partial charge in [0, 0.05) is 11.8 Å². The van der Waals surface area contributed by atoms with Crippen LogP contribution in [0.5, 0.6) is 5.75 Å². The highest BCUT2D eigenvalue weighted by atomic mass is 19.1. The van der Waals surface area contributed by atoms with Crippen LogP contribution >= 0.6 is 0 Å². The predicted molar refractivity (Wildman–Crippen MR) is 67.5 cm³/mol. The van der Waals surface area contributed by atoms with Gasteiger partial charge in [0.05, 0.1) is 0 Å². The number of hydrogen-bond acceptors (Lipinski definition) is 4. The van der Waals surface area contributed by atoms with E-state index >= 15 is 0 Å². The number of rotatable bonds is 4. The average molecular weight is 261 g/mol. The third-order valence-electron chi connectivity index (χ3n) is 2.46. The van der Waals surface area contributed by atoms with E-state index in [2.05, 4.69) is 10.1 Å². The van der Waals surface area contributed by atoms with Crippen LogP contribution in [0.1, 0.15) is 11.3 Å². The van der Waals surface area contributed by atoms with E-state index < -0.39 is 5.82 Å². The van der Waals surface area contributed by atoms with Crippen molar-refractivity contribution >= 4 is 5.84 Å². The summed E-state index contributed by atoms with van der Waals surface area (Å²) in [6.45, 7) is 0.0698. The fourth-order valence-corrected chi connectivity index (χ4v) is 1.55. The van der Waals surface area contributed by atoms with Gasteiger partial charge in [0.15, 0.2) is 17.4 Å². The molecule has 0 unspecified atom stereocenters. The Bertz CT molecular complexity index is 602. The predicted octanol–water partition coefficient (Wildman–Crippen LogP) is 1.89. The molecule has 0 amide bonds. The molecular weight excluding hydrogens is 249 g/mol. The normalized spacial score (nSPS) is 11.3. The van der Waals surface area contributed by atoms with Crippen LogP contribution in [0.3, 0.4) is 0 Å². The number of aromatic nitrogens is 1. The number of para-hydroxylation sites is 1. The van der Waals surface area contributed by atoms with Crippen LogP contribution in [0.25, 0.3) is 0 Å². The summed E-state index contributed by atoms with van der Waals surface area (Å²) in [5.74, 6) is -0.429. The van der Waals surface area contributed by atoms with Crippen molar-refractivity contribution in [1.29, 1.82) is 0 Å². The summed E-state index contributed by atoms with van der Waals surface area (Å²) in [4.78, 5) is 3.99. The van der Waals surface area contributed by atoms with Gasteiger partial charge in [-0.15, -0.1) is 0 Å². The maximum Gasteiger partial charge on any atom is 0.189 e. The molecule has 2 rings (SSSR count). The lowest BCUT2D eigenvalue weighted by Gasteiger charge is -2.09. The van der Waals surface area contributed by atoms with E-state index in [0.29, 0.717) is 11.3 Å². The smallest absolute Gasteiger partial charge is 0.189 e. The average Bonchev–Trinajstić information content (AvgIpc) is 2.46. The first-order valence-corrected chi connectivity index (χ1v) is 5.51. The van der Waals surface area contributed by atoms with E-state index in [1.165, 1.54) is 18.3 Å². The summed E-state index contributed by atoms with van der Waals surface area (Å²) in [7, 11) is 0. The number of hydrogen-bond donors (Lipinski definition) is 2. The molecule has 0 aliphatic carbocycles. The second-order valence-electron chi connectivity index (χ2n) is 3.72. The second kappa shape index (κ2) is 5.81. The number of halogens is 1. The molecule has 1 heterocycles. The Kier molecular flexibility index (Phi) is 3.92. The second-order valence-corrected chi connectivity index (χ2v) is 3.72. The lowest BCUT2D eigenvalue weighted by atomic mass is 10.2. The van der Waals surface area contributed by atoms with Crippen LogP contribution in [0, 0.1) is 5.82 Å². The maximum atomic E-state index is 13.4. The van der Waals surface area contributed by atoms with Crippen molar-refractivity contribution in [3.63, 3.8) is 0 Å². The molecule has 0 saturated carbocycles. The fourth-order valence-electron chi connectivity index (χ4n) is 1.55. The molecule has 5 nitrogen and oxygen atoms in total. The summed E-state index contributed by atoms with van der Waals surface area (Å²) in [6, 6.07) is 9.48. The van der Waals surface area contributed by atoms with E-state index in [0.717, 1.165) is 0 Å². The Balaban J connectivity index is 2.19.